The summed E-state index contributed by atoms with van der Waals surface area (Å²) in [5, 5.41) is 3.16. The van der Waals surface area contributed by atoms with Crippen LogP contribution in [0.3, 0.4) is 0 Å². The summed E-state index contributed by atoms with van der Waals surface area (Å²) in [7, 11) is 1.96. The molecule has 1 aliphatic rings. The molecule has 0 saturated heterocycles. The Labute approximate surface area is 135 Å². The van der Waals surface area contributed by atoms with E-state index in [-0.39, 0.29) is 11.9 Å². The molecule has 0 bridgehead atoms. The molecule has 1 N–H and O–H groups in total. The largest absolute Gasteiger partial charge is 0.466 e. The molecule has 1 saturated carbocycles. The summed E-state index contributed by atoms with van der Waals surface area (Å²) in [5.74, 6) is 0.717. The maximum absolute atomic E-state index is 11.7. The first-order chi connectivity index (χ1) is 10.7. The van der Waals surface area contributed by atoms with Crippen molar-refractivity contribution in [2.45, 2.75) is 58.9 Å². The molecule has 0 spiro atoms. The van der Waals surface area contributed by atoms with Gasteiger partial charge in [0.25, 0.3) is 0 Å². The molecule has 0 heterocycles. The van der Waals surface area contributed by atoms with Gasteiger partial charge in [0.1, 0.15) is 0 Å². The van der Waals surface area contributed by atoms with Crippen LogP contribution in [0.5, 0.6) is 0 Å². The van der Waals surface area contributed by atoms with Gasteiger partial charge in [0, 0.05) is 6.54 Å². The summed E-state index contributed by atoms with van der Waals surface area (Å²) >= 11 is 0. The summed E-state index contributed by atoms with van der Waals surface area (Å²) in [4.78, 5) is 11.7. The van der Waals surface area contributed by atoms with E-state index in [1.165, 1.54) is 11.1 Å². The van der Waals surface area contributed by atoms with Gasteiger partial charge in [-0.1, -0.05) is 38.1 Å². The number of rotatable bonds is 5. The van der Waals surface area contributed by atoms with Crippen LogP contribution in [0.25, 0.3) is 0 Å². The Morgan fingerprint density at radius 2 is 1.73 bits per heavy atom. The molecular weight excluding hydrogens is 274 g/mol. The lowest BCUT2D eigenvalue weighted by Gasteiger charge is -2.27. The number of esters is 1. The predicted molar refractivity (Wildman–Crippen MR) is 91.9 cm³/mol. The van der Waals surface area contributed by atoms with Crippen LogP contribution in [0.2, 0.25) is 0 Å². The van der Waals surface area contributed by atoms with Gasteiger partial charge >= 0.3 is 5.97 Å². The van der Waals surface area contributed by atoms with Crippen molar-refractivity contribution in [1.29, 1.82) is 0 Å². The smallest absolute Gasteiger partial charge is 0.308 e. The van der Waals surface area contributed by atoms with Crippen molar-refractivity contribution < 1.29 is 9.53 Å². The molecule has 1 aromatic rings. The van der Waals surface area contributed by atoms with Crippen LogP contribution in [-0.4, -0.2) is 19.6 Å². The van der Waals surface area contributed by atoms with Crippen LogP contribution >= 0.6 is 0 Å². The Morgan fingerprint density at radius 3 is 2.23 bits per heavy atom. The summed E-state index contributed by atoms with van der Waals surface area (Å²) in [6, 6.07) is 8.87. The highest BCUT2D eigenvalue weighted by atomic mass is 16.5. The van der Waals surface area contributed by atoms with Gasteiger partial charge in [-0.05, 0) is 56.7 Å². The Kier molecular flexibility index (Phi) is 8.83. The molecule has 1 aliphatic carbocycles. The first kappa shape index (κ1) is 18.7. The molecule has 0 atom stereocenters. The number of benzene rings is 1. The minimum atomic E-state index is -0.00434. The van der Waals surface area contributed by atoms with E-state index in [0.29, 0.717) is 12.5 Å². The number of hydrogen-bond donors (Lipinski definition) is 1. The maximum atomic E-state index is 11.7. The Bertz CT molecular complexity index is 420. The van der Waals surface area contributed by atoms with Crippen molar-refractivity contribution >= 4 is 5.97 Å². The maximum Gasteiger partial charge on any atom is 0.308 e. The number of ether oxygens (including phenoxy) is 1. The van der Waals surface area contributed by atoms with E-state index in [1.54, 1.807) is 0 Å². The first-order valence-corrected chi connectivity index (χ1v) is 8.64. The average molecular weight is 305 g/mol. The first-order valence-electron chi connectivity index (χ1n) is 8.64. The number of carbonyl (C=O) groups excluding carboxylic acids is 1. The highest BCUT2D eigenvalue weighted by molar-refractivity contribution is 5.72. The molecule has 0 radical (unpaired) electrons. The topological polar surface area (TPSA) is 38.3 Å². The lowest BCUT2D eigenvalue weighted by Crippen LogP contribution is -2.23. The molecule has 124 valence electrons. The molecule has 3 heteroatoms. The van der Waals surface area contributed by atoms with Crippen LogP contribution in [0.1, 0.15) is 63.5 Å². The van der Waals surface area contributed by atoms with Gasteiger partial charge in [0.05, 0.1) is 12.5 Å². The van der Waals surface area contributed by atoms with Crippen LogP contribution in [-0.2, 0) is 16.1 Å². The molecule has 0 aromatic heterocycles. The van der Waals surface area contributed by atoms with Crippen LogP contribution < -0.4 is 5.32 Å². The van der Waals surface area contributed by atoms with Gasteiger partial charge < -0.3 is 10.1 Å². The highest BCUT2D eigenvalue weighted by Crippen LogP contribution is 2.36. The second kappa shape index (κ2) is 10.4. The molecular formula is C19H31NO2. The van der Waals surface area contributed by atoms with E-state index >= 15 is 0 Å². The van der Waals surface area contributed by atoms with E-state index in [4.69, 9.17) is 4.74 Å². The third-order valence-electron chi connectivity index (χ3n) is 4.18. The minimum absolute atomic E-state index is 0.00434. The Morgan fingerprint density at radius 1 is 1.14 bits per heavy atom. The Hall–Kier alpha value is -1.35. The summed E-state index contributed by atoms with van der Waals surface area (Å²) in [6.45, 7) is 7.28. The molecule has 0 amide bonds. The van der Waals surface area contributed by atoms with Crippen molar-refractivity contribution in [2.24, 2.45) is 5.92 Å². The molecule has 3 nitrogen and oxygen atoms in total. The van der Waals surface area contributed by atoms with Gasteiger partial charge in [-0.3, -0.25) is 4.79 Å². The predicted octanol–water partition coefficient (Wildman–Crippen LogP) is 4.27. The molecule has 22 heavy (non-hydrogen) atoms. The normalized spacial score (nSPS) is 20.7. The zero-order valence-electron chi connectivity index (χ0n) is 14.5. The summed E-state index contributed by atoms with van der Waals surface area (Å²) in [5.41, 5.74) is 2.73. The zero-order chi connectivity index (χ0) is 16.4. The van der Waals surface area contributed by atoms with E-state index in [2.05, 4.69) is 29.6 Å². The monoisotopic (exact) mass is 305 g/mol. The van der Waals surface area contributed by atoms with E-state index in [9.17, 15) is 4.79 Å². The molecule has 1 aromatic carbocycles. The zero-order valence-corrected chi connectivity index (χ0v) is 14.5. The number of nitrogens with one attached hydrogen (secondary N) is 1. The third-order valence-corrected chi connectivity index (χ3v) is 4.18. The van der Waals surface area contributed by atoms with Crippen molar-refractivity contribution in [3.8, 4) is 0 Å². The van der Waals surface area contributed by atoms with Crippen molar-refractivity contribution in [3.63, 3.8) is 0 Å². The lowest BCUT2D eigenvalue weighted by molar-refractivity contribution is -0.149. The van der Waals surface area contributed by atoms with Crippen LogP contribution in [0.15, 0.2) is 24.3 Å². The van der Waals surface area contributed by atoms with Gasteiger partial charge in [-0.25, -0.2) is 0 Å². The van der Waals surface area contributed by atoms with Gasteiger partial charge in [-0.15, -0.1) is 0 Å². The number of hydrogen-bond acceptors (Lipinski definition) is 3. The van der Waals surface area contributed by atoms with E-state index in [0.717, 1.165) is 32.2 Å². The SMILES string of the molecule is CC.CCOC(=O)C1CCC(c2ccc(CNC)cc2)CC1. The molecule has 0 aliphatic heterocycles. The minimum Gasteiger partial charge on any atom is -0.466 e. The number of carbonyl (C=O) groups is 1. The molecule has 2 rings (SSSR count). The molecule has 1 fully saturated rings. The fourth-order valence-electron chi connectivity index (χ4n) is 3.03. The Balaban J connectivity index is 0.00000116. The second-order valence-corrected chi connectivity index (χ2v) is 5.57. The van der Waals surface area contributed by atoms with Gasteiger partial charge in [0.15, 0.2) is 0 Å². The summed E-state index contributed by atoms with van der Waals surface area (Å²) < 4.78 is 5.12. The fraction of sp³-hybridized carbons (Fsp3) is 0.632. The van der Waals surface area contributed by atoms with Crippen molar-refractivity contribution in [1.82, 2.24) is 5.32 Å². The summed E-state index contributed by atoms with van der Waals surface area (Å²) in [6.07, 6.45) is 4.10. The standard InChI is InChI=1S/C17H25NO2.C2H6/c1-3-20-17(19)16-10-8-15(9-11-16)14-6-4-13(5-7-14)12-18-2;1-2/h4-7,15-16,18H,3,8-12H2,1-2H3;1-2H3. The lowest BCUT2D eigenvalue weighted by atomic mass is 9.78. The van der Waals surface area contributed by atoms with Crippen molar-refractivity contribution in [3.05, 3.63) is 35.4 Å². The van der Waals surface area contributed by atoms with Gasteiger partial charge in [-0.2, -0.15) is 0 Å². The average Bonchev–Trinajstić information content (AvgIpc) is 2.58. The van der Waals surface area contributed by atoms with Crippen LogP contribution in [0, 0.1) is 5.92 Å². The third kappa shape index (κ3) is 5.45. The van der Waals surface area contributed by atoms with Gasteiger partial charge in [0.2, 0.25) is 0 Å². The van der Waals surface area contributed by atoms with Crippen LogP contribution in [0.4, 0.5) is 0 Å². The highest BCUT2D eigenvalue weighted by Gasteiger charge is 2.27. The van der Waals surface area contributed by atoms with E-state index < -0.39 is 0 Å². The molecule has 0 unspecified atom stereocenters. The van der Waals surface area contributed by atoms with E-state index in [1.807, 2.05) is 27.8 Å². The fourth-order valence-corrected chi connectivity index (χ4v) is 3.03. The van der Waals surface area contributed by atoms with Crippen molar-refractivity contribution in [2.75, 3.05) is 13.7 Å². The quantitative estimate of drug-likeness (QED) is 0.826. The second-order valence-electron chi connectivity index (χ2n) is 5.57.